The number of nitrogens with zero attached hydrogens (tertiary/aromatic N) is 3. The number of aryl methyl sites for hydroxylation is 1. The summed E-state index contributed by atoms with van der Waals surface area (Å²) >= 11 is 0. The first-order chi connectivity index (χ1) is 10.2. The van der Waals surface area contributed by atoms with E-state index in [4.69, 9.17) is 0 Å². The Morgan fingerprint density at radius 3 is 2.55 bits per heavy atom. The van der Waals surface area contributed by atoms with Crippen molar-refractivity contribution in [2.75, 3.05) is 32.7 Å². The molecule has 1 aliphatic heterocycles. The van der Waals surface area contributed by atoms with Crippen LogP contribution in [0.15, 0.2) is 17.3 Å². The van der Waals surface area contributed by atoms with Gasteiger partial charge in [0.05, 0.1) is 6.20 Å². The van der Waals surface area contributed by atoms with Crippen LogP contribution in [-0.4, -0.2) is 68.0 Å². The summed E-state index contributed by atoms with van der Waals surface area (Å²) < 4.78 is 66.8. The predicted molar refractivity (Wildman–Crippen MR) is 72.7 cm³/mol. The normalized spacial score (nSPS) is 19.3. The van der Waals surface area contributed by atoms with Crippen molar-refractivity contribution < 1.29 is 21.6 Å². The first kappa shape index (κ1) is 17.2. The van der Waals surface area contributed by atoms with Gasteiger partial charge in [0.15, 0.2) is 5.03 Å². The molecular formula is C11H18F3N5O2S. The molecule has 2 rings (SSSR count). The zero-order chi connectivity index (χ0) is 16.4. The van der Waals surface area contributed by atoms with Crippen molar-refractivity contribution in [1.29, 1.82) is 0 Å². The van der Waals surface area contributed by atoms with Crippen molar-refractivity contribution >= 4 is 10.0 Å². The van der Waals surface area contributed by atoms with Crippen LogP contribution in [0.25, 0.3) is 0 Å². The molecule has 0 aliphatic carbocycles. The van der Waals surface area contributed by atoms with E-state index in [1.807, 2.05) is 4.72 Å². The Labute approximate surface area is 126 Å². The second kappa shape index (κ2) is 6.52. The summed E-state index contributed by atoms with van der Waals surface area (Å²) in [5.74, 6) is 0. The molecule has 0 amide bonds. The third-order valence-corrected chi connectivity index (χ3v) is 4.99. The molecule has 1 aromatic heterocycles. The van der Waals surface area contributed by atoms with Gasteiger partial charge < -0.3 is 5.32 Å². The summed E-state index contributed by atoms with van der Waals surface area (Å²) in [7, 11) is -2.62. The molecule has 2 N–H and O–H groups in total. The van der Waals surface area contributed by atoms with Gasteiger partial charge >= 0.3 is 6.18 Å². The summed E-state index contributed by atoms with van der Waals surface area (Å²) in [6.07, 6.45) is -3.24. The molecule has 0 aromatic carbocycles. The second-order valence-corrected chi connectivity index (χ2v) is 6.70. The number of alkyl halides is 3. The van der Waals surface area contributed by atoms with E-state index in [0.29, 0.717) is 13.1 Å². The van der Waals surface area contributed by atoms with Gasteiger partial charge in [0, 0.05) is 39.8 Å². The fourth-order valence-electron chi connectivity index (χ4n) is 2.33. The lowest BCUT2D eigenvalue weighted by Crippen LogP contribution is -2.57. The Morgan fingerprint density at radius 1 is 1.41 bits per heavy atom. The summed E-state index contributed by atoms with van der Waals surface area (Å²) in [4.78, 5) is 1.24. The molecule has 1 fully saturated rings. The first-order valence-electron chi connectivity index (χ1n) is 6.71. The second-order valence-electron chi connectivity index (χ2n) is 4.99. The lowest BCUT2D eigenvalue weighted by atomic mass is 10.2. The number of halogens is 3. The van der Waals surface area contributed by atoms with Gasteiger partial charge in [0.2, 0.25) is 0 Å². The molecule has 1 saturated heterocycles. The third-order valence-electron chi connectivity index (χ3n) is 3.49. The molecule has 2 heterocycles. The van der Waals surface area contributed by atoms with Gasteiger partial charge in [0.25, 0.3) is 10.0 Å². The monoisotopic (exact) mass is 341 g/mol. The molecule has 1 aliphatic rings. The molecule has 0 spiro atoms. The molecule has 1 atom stereocenters. The highest BCUT2D eigenvalue weighted by Crippen LogP contribution is 2.25. The fourth-order valence-corrected chi connectivity index (χ4v) is 3.49. The van der Waals surface area contributed by atoms with E-state index in [0.717, 1.165) is 4.68 Å². The van der Waals surface area contributed by atoms with E-state index in [-0.39, 0.29) is 18.1 Å². The van der Waals surface area contributed by atoms with Crippen molar-refractivity contribution in [2.45, 2.75) is 17.2 Å². The average molecular weight is 341 g/mol. The highest BCUT2D eigenvalue weighted by atomic mass is 32.2. The van der Waals surface area contributed by atoms with Gasteiger partial charge in [-0.15, -0.1) is 0 Å². The maximum atomic E-state index is 13.2. The van der Waals surface area contributed by atoms with Crippen LogP contribution in [0.3, 0.4) is 0 Å². The molecular weight excluding hydrogens is 323 g/mol. The van der Waals surface area contributed by atoms with Gasteiger partial charge in [-0.05, 0) is 6.07 Å². The highest BCUT2D eigenvalue weighted by molar-refractivity contribution is 7.89. The molecule has 22 heavy (non-hydrogen) atoms. The number of sulfonamides is 1. The topological polar surface area (TPSA) is 79.3 Å². The fraction of sp³-hybridized carbons (Fsp3) is 0.727. The Hall–Kier alpha value is -1.17. The Bertz CT molecular complexity index is 595. The zero-order valence-corrected chi connectivity index (χ0v) is 12.8. The molecule has 0 radical (unpaired) electrons. The van der Waals surface area contributed by atoms with Crippen molar-refractivity contribution in [3.05, 3.63) is 12.3 Å². The van der Waals surface area contributed by atoms with Gasteiger partial charge in [-0.1, -0.05) is 0 Å². The molecule has 1 aromatic rings. The minimum absolute atomic E-state index is 0.172. The number of aromatic nitrogens is 2. The van der Waals surface area contributed by atoms with Gasteiger partial charge in [-0.25, -0.2) is 13.1 Å². The SMILES string of the molecule is Cn1nccc1S(=O)(=O)NCC(N1CCNCC1)C(F)(F)F. The lowest BCUT2D eigenvalue weighted by Gasteiger charge is -2.35. The number of hydrogen-bond donors (Lipinski definition) is 2. The summed E-state index contributed by atoms with van der Waals surface area (Å²) in [6, 6.07) is -0.618. The number of nitrogens with one attached hydrogen (secondary N) is 2. The Kier molecular flexibility index (Phi) is 5.10. The number of piperazine rings is 1. The van der Waals surface area contributed by atoms with E-state index in [2.05, 4.69) is 10.4 Å². The first-order valence-corrected chi connectivity index (χ1v) is 8.19. The summed E-state index contributed by atoms with van der Waals surface area (Å²) in [5, 5.41) is 6.50. The van der Waals surface area contributed by atoms with Gasteiger partial charge in [-0.2, -0.15) is 18.3 Å². The summed E-state index contributed by atoms with van der Waals surface area (Å²) in [6.45, 7) is 0.606. The highest BCUT2D eigenvalue weighted by Gasteiger charge is 2.44. The number of rotatable bonds is 5. The van der Waals surface area contributed by atoms with Crippen LogP contribution in [-0.2, 0) is 17.1 Å². The van der Waals surface area contributed by atoms with E-state index in [1.165, 1.54) is 24.2 Å². The lowest BCUT2D eigenvalue weighted by molar-refractivity contribution is -0.182. The van der Waals surface area contributed by atoms with Crippen LogP contribution < -0.4 is 10.0 Å². The van der Waals surface area contributed by atoms with Crippen molar-refractivity contribution in [3.8, 4) is 0 Å². The van der Waals surface area contributed by atoms with Gasteiger partial charge in [0.1, 0.15) is 6.04 Å². The molecule has 126 valence electrons. The van der Waals surface area contributed by atoms with Crippen LogP contribution in [0, 0.1) is 0 Å². The predicted octanol–water partition coefficient (Wildman–Crippen LogP) is -0.465. The van der Waals surface area contributed by atoms with E-state index < -0.39 is 28.8 Å². The smallest absolute Gasteiger partial charge is 0.314 e. The molecule has 1 unspecified atom stereocenters. The standard InChI is InChI=1S/C11H18F3N5O2S/c1-18-10(2-3-16-18)22(20,21)17-8-9(11(12,13)14)19-6-4-15-5-7-19/h2-3,9,15,17H,4-8H2,1H3. The largest absolute Gasteiger partial charge is 0.405 e. The van der Waals surface area contributed by atoms with Gasteiger partial charge in [-0.3, -0.25) is 9.58 Å². The van der Waals surface area contributed by atoms with Crippen LogP contribution in [0.4, 0.5) is 13.2 Å². The molecule has 7 nitrogen and oxygen atoms in total. The minimum atomic E-state index is -4.51. The van der Waals surface area contributed by atoms with Crippen LogP contribution in [0.1, 0.15) is 0 Å². The summed E-state index contributed by atoms with van der Waals surface area (Å²) in [5.41, 5.74) is 0. The molecule has 0 bridgehead atoms. The maximum Gasteiger partial charge on any atom is 0.405 e. The Morgan fingerprint density at radius 2 is 2.05 bits per heavy atom. The van der Waals surface area contributed by atoms with Crippen molar-refractivity contribution in [2.24, 2.45) is 7.05 Å². The Balaban J connectivity index is 2.10. The van der Waals surface area contributed by atoms with Crippen LogP contribution >= 0.6 is 0 Å². The van der Waals surface area contributed by atoms with Crippen LogP contribution in [0.5, 0.6) is 0 Å². The minimum Gasteiger partial charge on any atom is -0.314 e. The van der Waals surface area contributed by atoms with E-state index in [1.54, 1.807) is 0 Å². The van der Waals surface area contributed by atoms with Crippen molar-refractivity contribution in [1.82, 2.24) is 24.7 Å². The van der Waals surface area contributed by atoms with E-state index >= 15 is 0 Å². The van der Waals surface area contributed by atoms with E-state index in [9.17, 15) is 21.6 Å². The maximum absolute atomic E-state index is 13.2. The number of hydrogen-bond acceptors (Lipinski definition) is 5. The van der Waals surface area contributed by atoms with Crippen molar-refractivity contribution in [3.63, 3.8) is 0 Å². The third kappa shape index (κ3) is 3.97. The van der Waals surface area contributed by atoms with Crippen LogP contribution in [0.2, 0.25) is 0 Å². The zero-order valence-electron chi connectivity index (χ0n) is 12.0. The quantitative estimate of drug-likeness (QED) is 0.757. The average Bonchev–Trinajstić information content (AvgIpc) is 2.85. The molecule has 0 saturated carbocycles. The molecule has 11 heteroatoms.